The lowest BCUT2D eigenvalue weighted by molar-refractivity contribution is -0.146. The van der Waals surface area contributed by atoms with E-state index in [-0.39, 0.29) is 5.91 Å². The zero-order valence-electron chi connectivity index (χ0n) is 10.1. The van der Waals surface area contributed by atoms with Crippen molar-refractivity contribution in [2.45, 2.75) is 19.9 Å². The summed E-state index contributed by atoms with van der Waals surface area (Å²) in [7, 11) is 0. The number of halogens is 1. The minimum absolute atomic E-state index is 0.294. The summed E-state index contributed by atoms with van der Waals surface area (Å²) in [5.74, 6) is -0.793. The Bertz CT molecular complexity index is 456. The minimum atomic E-state index is -0.658. The third kappa shape index (κ3) is 4.89. The number of hydrogen-bond acceptors (Lipinski definition) is 4. The highest BCUT2D eigenvalue weighted by Crippen LogP contribution is 2.22. The molecule has 6 heteroatoms. The summed E-state index contributed by atoms with van der Waals surface area (Å²) < 4.78 is 5.44. The molecule has 1 unspecified atom stereocenters. The normalized spacial score (nSPS) is 12.4. The van der Waals surface area contributed by atoms with Crippen LogP contribution in [0.25, 0.3) is 6.08 Å². The lowest BCUT2D eigenvalue weighted by Crippen LogP contribution is -2.38. The first-order valence-electron chi connectivity index (χ1n) is 5.43. The maximum Gasteiger partial charge on any atom is 0.328 e. The summed E-state index contributed by atoms with van der Waals surface area (Å²) in [6.07, 6.45) is 3.00. The van der Waals surface area contributed by atoms with Crippen LogP contribution in [-0.4, -0.2) is 24.5 Å². The molecule has 0 saturated carbocycles. The van der Waals surface area contributed by atoms with E-state index in [4.69, 9.17) is 16.3 Å². The molecule has 1 rings (SSSR count). The fourth-order valence-corrected chi connectivity index (χ4v) is 2.13. The van der Waals surface area contributed by atoms with Gasteiger partial charge in [-0.25, -0.2) is 4.79 Å². The Morgan fingerprint density at radius 3 is 2.83 bits per heavy atom. The van der Waals surface area contributed by atoms with Crippen LogP contribution in [0.2, 0.25) is 4.34 Å². The zero-order valence-corrected chi connectivity index (χ0v) is 11.7. The summed E-state index contributed by atoms with van der Waals surface area (Å²) in [4.78, 5) is 23.7. The average molecular weight is 288 g/mol. The van der Waals surface area contributed by atoms with E-state index in [0.29, 0.717) is 10.9 Å². The van der Waals surface area contributed by atoms with Crippen LogP contribution in [0.5, 0.6) is 0 Å². The number of carbonyl (C=O) groups is 2. The summed E-state index contributed by atoms with van der Waals surface area (Å²) >= 11 is 7.13. The minimum Gasteiger partial charge on any atom is -0.464 e. The quantitative estimate of drug-likeness (QED) is 0.669. The molecule has 4 nitrogen and oxygen atoms in total. The van der Waals surface area contributed by atoms with E-state index in [0.717, 1.165) is 4.88 Å². The Hall–Kier alpha value is -1.33. The van der Waals surface area contributed by atoms with E-state index in [1.807, 2.05) is 6.07 Å². The van der Waals surface area contributed by atoms with Crippen LogP contribution in [0, 0.1) is 0 Å². The fourth-order valence-electron chi connectivity index (χ4n) is 1.16. The number of hydrogen-bond donors (Lipinski definition) is 1. The maximum atomic E-state index is 11.5. The predicted octanol–water partition coefficient (Wildman–Crippen LogP) is 2.48. The van der Waals surface area contributed by atoms with Gasteiger partial charge in [0.05, 0.1) is 10.9 Å². The second kappa shape index (κ2) is 7.18. The first kappa shape index (κ1) is 14.7. The zero-order chi connectivity index (χ0) is 13.5. The summed E-state index contributed by atoms with van der Waals surface area (Å²) in [5, 5.41) is 2.51. The largest absolute Gasteiger partial charge is 0.464 e. The summed E-state index contributed by atoms with van der Waals surface area (Å²) in [6.45, 7) is 3.58. The Labute approximate surface area is 115 Å². The lowest BCUT2D eigenvalue weighted by atomic mass is 10.3. The van der Waals surface area contributed by atoms with Crippen LogP contribution < -0.4 is 5.32 Å². The van der Waals surface area contributed by atoms with Crippen molar-refractivity contribution in [3.63, 3.8) is 0 Å². The Morgan fingerprint density at radius 1 is 1.56 bits per heavy atom. The SMILES string of the molecule is CCOC(=O)C(C)NC(=O)/C=C/c1ccc(Cl)s1. The molecule has 1 aromatic heterocycles. The van der Waals surface area contributed by atoms with Gasteiger partial charge >= 0.3 is 5.97 Å². The van der Waals surface area contributed by atoms with Crippen molar-refractivity contribution in [3.05, 3.63) is 27.4 Å². The van der Waals surface area contributed by atoms with Gasteiger partial charge in [-0.2, -0.15) is 0 Å². The molecule has 98 valence electrons. The lowest BCUT2D eigenvalue weighted by Gasteiger charge is -2.10. The Morgan fingerprint density at radius 2 is 2.28 bits per heavy atom. The Kier molecular flexibility index (Phi) is 5.88. The number of thiophene rings is 1. The molecule has 1 N–H and O–H groups in total. The summed E-state index contributed by atoms with van der Waals surface area (Å²) in [6, 6.07) is 2.91. The number of nitrogens with one attached hydrogen (secondary N) is 1. The molecule has 1 amide bonds. The first-order chi connectivity index (χ1) is 8.52. The van der Waals surface area contributed by atoms with Crippen LogP contribution in [0.3, 0.4) is 0 Å². The van der Waals surface area contributed by atoms with E-state index in [1.54, 1.807) is 26.0 Å². The molecule has 1 atom stereocenters. The molecule has 18 heavy (non-hydrogen) atoms. The average Bonchev–Trinajstić information content (AvgIpc) is 2.73. The molecule has 0 fully saturated rings. The molecular weight excluding hydrogens is 274 g/mol. The van der Waals surface area contributed by atoms with Gasteiger partial charge in [-0.1, -0.05) is 11.6 Å². The molecule has 0 aliphatic rings. The van der Waals surface area contributed by atoms with E-state index < -0.39 is 12.0 Å². The van der Waals surface area contributed by atoms with Crippen LogP contribution in [-0.2, 0) is 14.3 Å². The molecule has 0 radical (unpaired) electrons. The standard InChI is InChI=1S/C12H14ClNO3S/c1-3-17-12(16)8(2)14-11(15)7-5-9-4-6-10(13)18-9/h4-8H,3H2,1-2H3,(H,14,15)/b7-5+. The van der Waals surface area contributed by atoms with E-state index in [2.05, 4.69) is 5.32 Å². The van der Waals surface area contributed by atoms with Crippen molar-refractivity contribution >= 4 is 40.9 Å². The third-order valence-corrected chi connectivity index (χ3v) is 3.19. The van der Waals surface area contributed by atoms with Gasteiger partial charge in [-0.05, 0) is 32.1 Å². The highest BCUT2D eigenvalue weighted by Gasteiger charge is 2.14. The van der Waals surface area contributed by atoms with Crippen molar-refractivity contribution in [1.82, 2.24) is 5.32 Å². The van der Waals surface area contributed by atoms with Crippen molar-refractivity contribution in [2.75, 3.05) is 6.61 Å². The smallest absolute Gasteiger partial charge is 0.328 e. The first-order valence-corrected chi connectivity index (χ1v) is 6.63. The Balaban J connectivity index is 2.46. The summed E-state index contributed by atoms with van der Waals surface area (Å²) in [5.41, 5.74) is 0. The monoisotopic (exact) mass is 287 g/mol. The molecule has 0 aromatic carbocycles. The molecule has 0 saturated heterocycles. The van der Waals surface area contributed by atoms with E-state index in [9.17, 15) is 9.59 Å². The fraction of sp³-hybridized carbons (Fsp3) is 0.333. The van der Waals surface area contributed by atoms with Crippen LogP contribution in [0.4, 0.5) is 0 Å². The van der Waals surface area contributed by atoms with Gasteiger partial charge in [-0.3, -0.25) is 4.79 Å². The van der Waals surface area contributed by atoms with E-state index in [1.165, 1.54) is 17.4 Å². The van der Waals surface area contributed by atoms with Gasteiger partial charge in [0.1, 0.15) is 6.04 Å². The highest BCUT2D eigenvalue weighted by molar-refractivity contribution is 7.17. The molecular formula is C12H14ClNO3S. The molecule has 0 aliphatic carbocycles. The van der Waals surface area contributed by atoms with Crippen LogP contribution in [0.1, 0.15) is 18.7 Å². The second-order valence-corrected chi connectivity index (χ2v) is 5.20. The van der Waals surface area contributed by atoms with Crippen LogP contribution >= 0.6 is 22.9 Å². The van der Waals surface area contributed by atoms with Gasteiger partial charge in [0.2, 0.25) is 5.91 Å². The van der Waals surface area contributed by atoms with E-state index >= 15 is 0 Å². The number of rotatable bonds is 5. The molecule has 0 spiro atoms. The van der Waals surface area contributed by atoms with Gasteiger partial charge in [0, 0.05) is 11.0 Å². The van der Waals surface area contributed by atoms with Crippen LogP contribution in [0.15, 0.2) is 18.2 Å². The molecule has 0 bridgehead atoms. The number of amides is 1. The predicted molar refractivity (Wildman–Crippen MR) is 72.6 cm³/mol. The van der Waals surface area contributed by atoms with Crippen molar-refractivity contribution in [1.29, 1.82) is 0 Å². The van der Waals surface area contributed by atoms with Crippen molar-refractivity contribution in [2.24, 2.45) is 0 Å². The maximum absolute atomic E-state index is 11.5. The van der Waals surface area contributed by atoms with Crippen molar-refractivity contribution < 1.29 is 14.3 Å². The van der Waals surface area contributed by atoms with Gasteiger partial charge in [0.25, 0.3) is 0 Å². The van der Waals surface area contributed by atoms with Gasteiger partial charge in [0.15, 0.2) is 0 Å². The number of carbonyl (C=O) groups excluding carboxylic acids is 2. The molecule has 1 aromatic rings. The van der Waals surface area contributed by atoms with Gasteiger partial charge in [-0.15, -0.1) is 11.3 Å². The van der Waals surface area contributed by atoms with Gasteiger partial charge < -0.3 is 10.1 Å². The molecule has 1 heterocycles. The third-order valence-electron chi connectivity index (χ3n) is 1.99. The highest BCUT2D eigenvalue weighted by atomic mass is 35.5. The number of esters is 1. The van der Waals surface area contributed by atoms with Crippen molar-refractivity contribution in [3.8, 4) is 0 Å². The number of ether oxygens (including phenoxy) is 1. The topological polar surface area (TPSA) is 55.4 Å². The molecule has 0 aliphatic heterocycles. The second-order valence-electron chi connectivity index (χ2n) is 3.46.